The first-order valence-electron chi connectivity index (χ1n) is 5.63. The fourth-order valence-corrected chi connectivity index (χ4v) is 1.87. The lowest BCUT2D eigenvalue weighted by atomic mass is 9.90. The van der Waals surface area contributed by atoms with Crippen LogP contribution in [0.3, 0.4) is 0 Å². The second kappa shape index (κ2) is 5.34. The maximum absolute atomic E-state index is 6.03. The van der Waals surface area contributed by atoms with Crippen LogP contribution in [0.5, 0.6) is 0 Å². The first kappa shape index (κ1) is 13.0. The van der Waals surface area contributed by atoms with Crippen LogP contribution < -0.4 is 11.1 Å². The Morgan fingerprint density at radius 3 is 2.38 bits per heavy atom. The highest BCUT2D eigenvalue weighted by Crippen LogP contribution is 2.28. The van der Waals surface area contributed by atoms with Crippen molar-refractivity contribution in [3.05, 3.63) is 11.2 Å². The molecule has 0 aliphatic heterocycles. The molecule has 0 aromatic carbocycles. The molecule has 1 rings (SSSR count). The monoisotopic (exact) mass is 242 g/mol. The molecule has 0 aliphatic carbocycles. The number of hydrogen-bond donors (Lipinski definition) is 2. The van der Waals surface area contributed by atoms with Gasteiger partial charge in [-0.05, 0) is 19.3 Å². The third kappa shape index (κ3) is 2.76. The lowest BCUT2D eigenvalue weighted by molar-refractivity contribution is 0.419. The van der Waals surface area contributed by atoms with Crippen LogP contribution >= 0.6 is 11.6 Å². The summed E-state index contributed by atoms with van der Waals surface area (Å²) in [5.41, 5.74) is 5.58. The first-order chi connectivity index (χ1) is 7.56. The normalized spacial score (nSPS) is 11.5. The standard InChI is InChI=1S/C11H19ClN4/c1-4-11(5-2,6-3)16-9-8(12)7-14-10(13)15-9/h7H,4-6H2,1-3H3,(H3,13,14,15,16). The highest BCUT2D eigenvalue weighted by molar-refractivity contribution is 6.32. The van der Waals surface area contributed by atoms with Gasteiger partial charge in [0.05, 0.1) is 6.20 Å². The van der Waals surface area contributed by atoms with E-state index in [0.717, 1.165) is 19.3 Å². The van der Waals surface area contributed by atoms with Gasteiger partial charge in [-0.3, -0.25) is 0 Å². The summed E-state index contributed by atoms with van der Waals surface area (Å²) in [5.74, 6) is 0.865. The zero-order valence-electron chi connectivity index (χ0n) is 10.0. The van der Waals surface area contributed by atoms with Gasteiger partial charge in [0.2, 0.25) is 5.95 Å². The van der Waals surface area contributed by atoms with Crippen molar-refractivity contribution >= 4 is 23.4 Å². The quantitative estimate of drug-likeness (QED) is 0.833. The van der Waals surface area contributed by atoms with Crippen LogP contribution in [0.2, 0.25) is 5.02 Å². The largest absolute Gasteiger partial charge is 0.368 e. The Bertz CT molecular complexity index is 342. The molecule has 90 valence electrons. The predicted molar refractivity (Wildman–Crippen MR) is 68.7 cm³/mol. The van der Waals surface area contributed by atoms with E-state index in [1.54, 1.807) is 0 Å². The van der Waals surface area contributed by atoms with E-state index in [-0.39, 0.29) is 11.5 Å². The number of aromatic nitrogens is 2. The molecule has 4 nitrogen and oxygen atoms in total. The van der Waals surface area contributed by atoms with Crippen LogP contribution in [0.15, 0.2) is 6.20 Å². The lowest BCUT2D eigenvalue weighted by Gasteiger charge is -2.32. The molecule has 1 aromatic heterocycles. The molecular formula is C11H19ClN4. The number of nitrogens with two attached hydrogens (primary N) is 1. The van der Waals surface area contributed by atoms with E-state index in [9.17, 15) is 0 Å². The zero-order valence-corrected chi connectivity index (χ0v) is 10.8. The Balaban J connectivity index is 2.97. The molecule has 0 fully saturated rings. The number of nitrogens with zero attached hydrogens (tertiary/aromatic N) is 2. The second-order valence-corrected chi connectivity index (χ2v) is 4.30. The summed E-state index contributed by atoms with van der Waals surface area (Å²) in [6.07, 6.45) is 4.57. The summed E-state index contributed by atoms with van der Waals surface area (Å²) in [6.45, 7) is 6.45. The Hall–Kier alpha value is -1.03. The van der Waals surface area contributed by atoms with E-state index in [1.807, 2.05) is 0 Å². The molecule has 0 aliphatic rings. The van der Waals surface area contributed by atoms with Crippen LogP contribution in [0.4, 0.5) is 11.8 Å². The van der Waals surface area contributed by atoms with Crippen LogP contribution in [0, 0.1) is 0 Å². The van der Waals surface area contributed by atoms with E-state index in [2.05, 4.69) is 36.1 Å². The average Bonchev–Trinajstić information content (AvgIpc) is 2.31. The van der Waals surface area contributed by atoms with Gasteiger partial charge in [-0.2, -0.15) is 4.98 Å². The molecule has 5 heteroatoms. The molecule has 0 radical (unpaired) electrons. The van der Waals surface area contributed by atoms with Gasteiger partial charge >= 0.3 is 0 Å². The molecule has 16 heavy (non-hydrogen) atoms. The van der Waals surface area contributed by atoms with Gasteiger partial charge in [0.25, 0.3) is 0 Å². The van der Waals surface area contributed by atoms with E-state index in [1.165, 1.54) is 6.20 Å². The number of hydrogen-bond acceptors (Lipinski definition) is 4. The van der Waals surface area contributed by atoms with Crippen molar-refractivity contribution in [1.29, 1.82) is 0 Å². The van der Waals surface area contributed by atoms with Crippen molar-refractivity contribution in [2.75, 3.05) is 11.1 Å². The maximum atomic E-state index is 6.03. The second-order valence-electron chi connectivity index (χ2n) is 3.89. The minimum atomic E-state index is 0.0322. The van der Waals surface area contributed by atoms with Crippen LogP contribution in [0.25, 0.3) is 0 Å². The molecule has 0 bridgehead atoms. The summed E-state index contributed by atoms with van der Waals surface area (Å²) in [5, 5.41) is 3.90. The van der Waals surface area contributed by atoms with Crippen molar-refractivity contribution in [3.8, 4) is 0 Å². The van der Waals surface area contributed by atoms with Crippen LogP contribution in [0.1, 0.15) is 40.0 Å². The highest BCUT2D eigenvalue weighted by Gasteiger charge is 2.24. The molecule has 1 aromatic rings. The molecular weight excluding hydrogens is 224 g/mol. The van der Waals surface area contributed by atoms with Gasteiger partial charge in [-0.25, -0.2) is 4.98 Å². The summed E-state index contributed by atoms with van der Waals surface area (Å²) in [7, 11) is 0. The van der Waals surface area contributed by atoms with E-state index in [0.29, 0.717) is 10.8 Å². The summed E-state index contributed by atoms with van der Waals surface area (Å²) in [4.78, 5) is 7.97. The maximum Gasteiger partial charge on any atom is 0.222 e. The fraction of sp³-hybridized carbons (Fsp3) is 0.636. The van der Waals surface area contributed by atoms with E-state index < -0.39 is 0 Å². The van der Waals surface area contributed by atoms with Crippen molar-refractivity contribution < 1.29 is 0 Å². The minimum Gasteiger partial charge on any atom is -0.368 e. The third-order valence-electron chi connectivity index (χ3n) is 3.18. The van der Waals surface area contributed by atoms with Gasteiger partial charge < -0.3 is 11.1 Å². The fourth-order valence-electron chi connectivity index (χ4n) is 1.73. The van der Waals surface area contributed by atoms with Crippen molar-refractivity contribution in [2.24, 2.45) is 0 Å². The minimum absolute atomic E-state index is 0.0322. The van der Waals surface area contributed by atoms with Gasteiger partial charge in [-0.15, -0.1) is 0 Å². The van der Waals surface area contributed by atoms with Crippen LogP contribution in [-0.2, 0) is 0 Å². The molecule has 0 atom stereocenters. The third-order valence-corrected chi connectivity index (χ3v) is 3.45. The average molecular weight is 243 g/mol. The van der Waals surface area contributed by atoms with Gasteiger partial charge in [0, 0.05) is 5.54 Å². The molecule has 1 heterocycles. The SMILES string of the molecule is CCC(CC)(CC)Nc1nc(N)ncc1Cl. The predicted octanol–water partition coefficient (Wildman–Crippen LogP) is 3.09. The molecule has 3 N–H and O–H groups in total. The zero-order chi connectivity index (χ0) is 12.2. The van der Waals surface area contributed by atoms with Crippen molar-refractivity contribution in [2.45, 2.75) is 45.6 Å². The number of halogens is 1. The molecule has 0 saturated heterocycles. The molecule has 0 saturated carbocycles. The Morgan fingerprint density at radius 2 is 1.88 bits per heavy atom. The molecule has 0 unspecified atom stereocenters. The Labute approximate surface area is 102 Å². The number of nitrogen functional groups attached to an aromatic ring is 1. The first-order valence-corrected chi connectivity index (χ1v) is 6.01. The van der Waals surface area contributed by atoms with Crippen molar-refractivity contribution in [3.63, 3.8) is 0 Å². The highest BCUT2D eigenvalue weighted by atomic mass is 35.5. The molecule has 0 spiro atoms. The Kier molecular flexibility index (Phi) is 4.35. The number of anilines is 2. The van der Waals surface area contributed by atoms with Gasteiger partial charge in [0.1, 0.15) is 5.02 Å². The summed E-state index contributed by atoms with van der Waals surface area (Å²) >= 11 is 6.03. The van der Waals surface area contributed by atoms with Gasteiger partial charge in [0.15, 0.2) is 5.82 Å². The Morgan fingerprint density at radius 1 is 1.31 bits per heavy atom. The van der Waals surface area contributed by atoms with E-state index in [4.69, 9.17) is 17.3 Å². The summed E-state index contributed by atoms with van der Waals surface area (Å²) < 4.78 is 0. The topological polar surface area (TPSA) is 63.8 Å². The van der Waals surface area contributed by atoms with Gasteiger partial charge in [-0.1, -0.05) is 32.4 Å². The smallest absolute Gasteiger partial charge is 0.222 e. The molecule has 0 amide bonds. The lowest BCUT2D eigenvalue weighted by Crippen LogP contribution is -2.36. The number of rotatable bonds is 5. The van der Waals surface area contributed by atoms with Crippen LogP contribution in [-0.4, -0.2) is 15.5 Å². The number of nitrogens with one attached hydrogen (secondary N) is 1. The van der Waals surface area contributed by atoms with Crippen molar-refractivity contribution in [1.82, 2.24) is 9.97 Å². The summed E-state index contributed by atoms with van der Waals surface area (Å²) in [6, 6.07) is 0. The van der Waals surface area contributed by atoms with E-state index >= 15 is 0 Å².